The van der Waals surface area contributed by atoms with Gasteiger partial charge >= 0.3 is 0 Å². The van der Waals surface area contributed by atoms with Gasteiger partial charge in [-0.15, -0.1) is 0 Å². The van der Waals surface area contributed by atoms with E-state index >= 15 is 0 Å². The van der Waals surface area contributed by atoms with Gasteiger partial charge < -0.3 is 4.74 Å². The van der Waals surface area contributed by atoms with E-state index in [0.29, 0.717) is 6.61 Å². The predicted octanol–water partition coefficient (Wildman–Crippen LogP) is 5.81. The van der Waals surface area contributed by atoms with Crippen LogP contribution in [0, 0.1) is 5.92 Å². The Hall–Kier alpha value is -0.500. The lowest BCUT2D eigenvalue weighted by Crippen LogP contribution is -2.10. The molecule has 2 heteroatoms. The van der Waals surface area contributed by atoms with Gasteiger partial charge in [0.1, 0.15) is 5.75 Å². The van der Waals surface area contributed by atoms with Crippen molar-refractivity contribution in [3.8, 4) is 5.75 Å². The van der Waals surface area contributed by atoms with Crippen LogP contribution >= 0.6 is 15.9 Å². The molecule has 0 aromatic heterocycles. The molecule has 0 bridgehead atoms. The molecule has 0 amide bonds. The maximum absolute atomic E-state index is 5.46. The average molecular weight is 315 g/mol. The number of hydrogen-bond donors (Lipinski definition) is 0. The molecular weight excluding hydrogens is 288 g/mol. The van der Waals surface area contributed by atoms with Crippen molar-refractivity contribution in [2.45, 2.75) is 53.9 Å². The highest BCUT2D eigenvalue weighted by atomic mass is 79.9. The van der Waals surface area contributed by atoms with Crippen molar-refractivity contribution in [2.75, 3.05) is 6.61 Å². The molecule has 0 aliphatic rings. The van der Waals surface area contributed by atoms with Gasteiger partial charge in [-0.1, -0.05) is 47.6 Å². The van der Waals surface area contributed by atoms with E-state index in [1.54, 1.807) is 0 Å². The quantitative estimate of drug-likeness (QED) is 0.669. The van der Waals surface area contributed by atoms with Gasteiger partial charge in [0.05, 0.1) is 11.1 Å². The summed E-state index contributed by atoms with van der Waals surface area (Å²) in [4.78, 5) is 0. The minimum absolute atomic E-state index is 0.188. The van der Waals surface area contributed by atoms with E-state index < -0.39 is 0 Å². The van der Waals surface area contributed by atoms with Crippen LogP contribution in [0.25, 0.3) is 0 Å². The first-order valence-corrected chi connectivity index (χ1v) is 7.40. The molecular formula is C16H27BrO. The second kappa shape index (κ2) is 7.83. The maximum atomic E-state index is 5.46. The van der Waals surface area contributed by atoms with E-state index in [-0.39, 0.29) is 5.41 Å². The Bertz CT molecular complexity index is 348. The van der Waals surface area contributed by atoms with E-state index in [0.717, 1.165) is 16.1 Å². The summed E-state index contributed by atoms with van der Waals surface area (Å²) >= 11 is 3.52. The number of rotatable bonds is 2. The number of hydrogen-bond acceptors (Lipinski definition) is 1. The van der Waals surface area contributed by atoms with Crippen LogP contribution in [0.5, 0.6) is 5.75 Å². The predicted molar refractivity (Wildman–Crippen MR) is 84.5 cm³/mol. The molecule has 0 saturated heterocycles. The van der Waals surface area contributed by atoms with E-state index in [4.69, 9.17) is 4.74 Å². The first-order chi connectivity index (χ1) is 8.18. The summed E-state index contributed by atoms with van der Waals surface area (Å²) in [7, 11) is 0. The van der Waals surface area contributed by atoms with Gasteiger partial charge in [0, 0.05) is 0 Å². The molecule has 0 aliphatic carbocycles. The first-order valence-electron chi connectivity index (χ1n) is 6.61. The lowest BCUT2D eigenvalue weighted by Gasteiger charge is -2.20. The molecule has 1 nitrogen and oxygen atoms in total. The normalized spacial score (nSPS) is 10.9. The third-order valence-corrected chi connectivity index (χ3v) is 2.72. The summed E-state index contributed by atoms with van der Waals surface area (Å²) in [6.45, 7) is 15.8. The molecule has 0 aliphatic heterocycles. The van der Waals surface area contributed by atoms with Gasteiger partial charge in [-0.25, -0.2) is 0 Å². The first kappa shape index (κ1) is 17.5. The monoisotopic (exact) mass is 314 g/mol. The molecule has 0 atom stereocenters. The van der Waals surface area contributed by atoms with Crippen molar-refractivity contribution in [1.82, 2.24) is 0 Å². The van der Waals surface area contributed by atoms with Gasteiger partial charge in [-0.2, -0.15) is 0 Å². The maximum Gasteiger partial charge on any atom is 0.133 e. The molecule has 0 saturated carbocycles. The largest absolute Gasteiger partial charge is 0.493 e. The molecule has 0 unspecified atom stereocenters. The summed E-state index contributed by atoms with van der Waals surface area (Å²) in [5.74, 6) is 1.75. The van der Waals surface area contributed by atoms with Crippen LogP contribution in [0.15, 0.2) is 22.7 Å². The third kappa shape index (κ3) is 7.05. The van der Waals surface area contributed by atoms with Crippen LogP contribution in [0.2, 0.25) is 0 Å². The number of ether oxygens (including phenoxy) is 1. The zero-order chi connectivity index (χ0) is 14.3. The molecule has 18 heavy (non-hydrogen) atoms. The summed E-state index contributed by atoms with van der Waals surface area (Å²) in [6, 6.07) is 6.27. The van der Waals surface area contributed by atoms with Crippen LogP contribution in [-0.4, -0.2) is 6.61 Å². The lowest BCUT2D eigenvalue weighted by molar-refractivity contribution is 0.338. The molecule has 1 rings (SSSR count). The number of benzene rings is 1. The van der Waals surface area contributed by atoms with Crippen LogP contribution < -0.4 is 4.74 Å². The van der Waals surface area contributed by atoms with Crippen molar-refractivity contribution in [3.05, 3.63) is 28.2 Å². The third-order valence-electron chi connectivity index (χ3n) is 2.10. The van der Waals surface area contributed by atoms with E-state index in [2.05, 4.69) is 69.6 Å². The fraction of sp³-hybridized carbons (Fsp3) is 0.625. The molecule has 104 valence electrons. The molecule has 1 aromatic carbocycles. The van der Waals surface area contributed by atoms with Crippen molar-refractivity contribution in [1.29, 1.82) is 0 Å². The molecule has 1 aromatic rings. The number of halogens is 1. The fourth-order valence-corrected chi connectivity index (χ4v) is 1.73. The molecule has 0 heterocycles. The lowest BCUT2D eigenvalue weighted by atomic mass is 9.87. The van der Waals surface area contributed by atoms with E-state index in [1.165, 1.54) is 5.56 Å². The highest BCUT2D eigenvalue weighted by Crippen LogP contribution is 2.31. The minimum atomic E-state index is 0.188. The van der Waals surface area contributed by atoms with Gasteiger partial charge in [-0.3, -0.25) is 0 Å². The fourth-order valence-electron chi connectivity index (χ4n) is 1.24. The van der Waals surface area contributed by atoms with Crippen molar-refractivity contribution < 1.29 is 4.74 Å². The van der Waals surface area contributed by atoms with Crippen LogP contribution in [-0.2, 0) is 5.41 Å². The zero-order valence-electron chi connectivity index (χ0n) is 12.8. The second-order valence-corrected chi connectivity index (χ2v) is 6.91. The van der Waals surface area contributed by atoms with E-state index in [9.17, 15) is 0 Å². The standard InChI is InChI=1S/C12H17BrO.C4H10/c1-5-14-11-7-6-9(8-10(11)13)12(2,3)4;1-4(2)3/h6-8H,5H2,1-4H3;4H,1-3H3. The Labute approximate surface area is 121 Å². The van der Waals surface area contributed by atoms with Gasteiger partial charge in [-0.05, 0) is 51.9 Å². The molecule has 0 fully saturated rings. The Morgan fingerprint density at radius 1 is 1.17 bits per heavy atom. The van der Waals surface area contributed by atoms with Crippen molar-refractivity contribution in [2.24, 2.45) is 5.92 Å². The van der Waals surface area contributed by atoms with Crippen LogP contribution in [0.3, 0.4) is 0 Å². The zero-order valence-corrected chi connectivity index (χ0v) is 14.4. The van der Waals surface area contributed by atoms with Crippen molar-refractivity contribution >= 4 is 15.9 Å². The molecule has 0 radical (unpaired) electrons. The SMILES string of the molecule is CC(C)C.CCOc1ccc(C(C)(C)C)cc1Br. The highest BCUT2D eigenvalue weighted by Gasteiger charge is 2.14. The topological polar surface area (TPSA) is 9.23 Å². The summed E-state index contributed by atoms with van der Waals surface area (Å²) in [5, 5.41) is 0. The Morgan fingerprint density at radius 3 is 2.00 bits per heavy atom. The van der Waals surface area contributed by atoms with Crippen molar-refractivity contribution in [3.63, 3.8) is 0 Å². The van der Waals surface area contributed by atoms with Gasteiger partial charge in [0.15, 0.2) is 0 Å². The second-order valence-electron chi connectivity index (χ2n) is 6.06. The Balaban J connectivity index is 0.000000631. The molecule has 0 N–H and O–H groups in total. The van der Waals surface area contributed by atoms with Gasteiger partial charge in [0.25, 0.3) is 0 Å². The Kier molecular flexibility index (Phi) is 7.61. The smallest absolute Gasteiger partial charge is 0.133 e. The minimum Gasteiger partial charge on any atom is -0.493 e. The molecule has 0 spiro atoms. The summed E-state index contributed by atoms with van der Waals surface area (Å²) in [5.41, 5.74) is 1.50. The van der Waals surface area contributed by atoms with Crippen LogP contribution in [0.4, 0.5) is 0 Å². The summed E-state index contributed by atoms with van der Waals surface area (Å²) in [6.07, 6.45) is 0. The highest BCUT2D eigenvalue weighted by molar-refractivity contribution is 9.10. The summed E-state index contributed by atoms with van der Waals surface area (Å²) < 4.78 is 6.49. The Morgan fingerprint density at radius 2 is 1.67 bits per heavy atom. The van der Waals surface area contributed by atoms with Gasteiger partial charge in [0.2, 0.25) is 0 Å². The van der Waals surface area contributed by atoms with Crippen LogP contribution in [0.1, 0.15) is 54.0 Å². The average Bonchev–Trinajstić information content (AvgIpc) is 2.19. The van der Waals surface area contributed by atoms with E-state index in [1.807, 2.05) is 13.0 Å².